The van der Waals surface area contributed by atoms with Crippen molar-refractivity contribution in [1.29, 1.82) is 0 Å². The van der Waals surface area contributed by atoms with E-state index >= 15 is 0 Å². The molecule has 3 rings (SSSR count). The number of ether oxygens (including phenoxy) is 2. The van der Waals surface area contributed by atoms with Crippen LogP contribution in [0.4, 0.5) is 0 Å². The molecule has 1 N–H and O–H groups in total. The fraction of sp³-hybridized carbons (Fsp3) is 0.800. The van der Waals surface area contributed by atoms with Gasteiger partial charge in [-0.05, 0) is 19.3 Å². The summed E-state index contributed by atoms with van der Waals surface area (Å²) in [6, 6.07) is 0. The van der Waals surface area contributed by atoms with Crippen molar-refractivity contribution in [2.45, 2.75) is 51.2 Å². The third kappa shape index (κ3) is 3.64. The van der Waals surface area contributed by atoms with E-state index in [-0.39, 0.29) is 18.1 Å². The number of rotatable bonds is 5. The number of carbonyl (C=O) groups excluding carboxylic acids is 1. The molecule has 2 saturated heterocycles. The quantitative estimate of drug-likeness (QED) is 0.885. The van der Waals surface area contributed by atoms with E-state index in [1.54, 1.807) is 0 Å². The summed E-state index contributed by atoms with van der Waals surface area (Å²) >= 11 is 0. The second kappa shape index (κ2) is 7.19. The van der Waals surface area contributed by atoms with E-state index < -0.39 is 0 Å². The molecule has 0 unspecified atom stereocenters. The Kier molecular flexibility index (Phi) is 5.04. The van der Waals surface area contributed by atoms with E-state index in [0.717, 1.165) is 38.1 Å². The summed E-state index contributed by atoms with van der Waals surface area (Å²) in [5.74, 6) is 1.67. The lowest BCUT2D eigenvalue weighted by atomic mass is 10.1. The van der Waals surface area contributed by atoms with Crippen molar-refractivity contribution in [3.8, 4) is 0 Å². The van der Waals surface area contributed by atoms with Crippen molar-refractivity contribution in [3.63, 3.8) is 0 Å². The van der Waals surface area contributed by atoms with Crippen molar-refractivity contribution in [2.24, 2.45) is 0 Å². The molecular weight excluding hydrogens is 284 g/mol. The smallest absolute Gasteiger partial charge is 0.222 e. The molecule has 2 fully saturated rings. The summed E-state index contributed by atoms with van der Waals surface area (Å²) in [5.41, 5.74) is 0. The monoisotopic (exact) mass is 308 g/mol. The second-order valence-corrected chi connectivity index (χ2v) is 5.87. The third-order valence-electron chi connectivity index (χ3n) is 4.30. The maximum absolute atomic E-state index is 12.4. The van der Waals surface area contributed by atoms with Crippen LogP contribution < -0.4 is 0 Å². The van der Waals surface area contributed by atoms with Crippen LogP contribution >= 0.6 is 0 Å². The van der Waals surface area contributed by atoms with Crippen molar-refractivity contribution < 1.29 is 14.3 Å². The van der Waals surface area contributed by atoms with Gasteiger partial charge < -0.3 is 14.4 Å². The van der Waals surface area contributed by atoms with Gasteiger partial charge in [0.25, 0.3) is 0 Å². The zero-order valence-electron chi connectivity index (χ0n) is 13.1. The van der Waals surface area contributed by atoms with Gasteiger partial charge in [-0.25, -0.2) is 4.98 Å². The Hall–Kier alpha value is -1.47. The lowest BCUT2D eigenvalue weighted by Gasteiger charge is -2.32. The lowest BCUT2D eigenvalue weighted by molar-refractivity contribution is -0.139. The van der Waals surface area contributed by atoms with Gasteiger partial charge in [-0.15, -0.1) is 0 Å². The summed E-state index contributed by atoms with van der Waals surface area (Å²) < 4.78 is 11.3. The Morgan fingerprint density at radius 3 is 3.05 bits per heavy atom. The minimum Gasteiger partial charge on any atom is -0.378 e. The molecule has 0 saturated carbocycles. The topological polar surface area (TPSA) is 80.3 Å². The molecule has 1 aromatic heterocycles. The molecule has 2 aliphatic heterocycles. The summed E-state index contributed by atoms with van der Waals surface area (Å²) in [6.07, 6.45) is 4.41. The second-order valence-electron chi connectivity index (χ2n) is 5.87. The van der Waals surface area contributed by atoms with Gasteiger partial charge in [-0.1, -0.05) is 6.92 Å². The van der Waals surface area contributed by atoms with Crippen LogP contribution in [0, 0.1) is 0 Å². The Balaban J connectivity index is 1.51. The predicted octanol–water partition coefficient (Wildman–Crippen LogP) is 1.23. The Bertz CT molecular complexity index is 499. The maximum atomic E-state index is 12.4. The molecule has 122 valence electrons. The lowest BCUT2D eigenvalue weighted by Crippen LogP contribution is -2.42. The molecule has 0 aromatic carbocycles. The fourth-order valence-corrected chi connectivity index (χ4v) is 2.96. The largest absolute Gasteiger partial charge is 0.378 e. The summed E-state index contributed by atoms with van der Waals surface area (Å²) in [7, 11) is 0. The number of hydrogen-bond acceptors (Lipinski definition) is 5. The molecule has 0 aliphatic carbocycles. The number of aryl methyl sites for hydroxylation is 1. The van der Waals surface area contributed by atoms with Gasteiger partial charge in [-0.2, -0.15) is 5.10 Å². The Morgan fingerprint density at radius 1 is 1.41 bits per heavy atom. The van der Waals surface area contributed by atoms with E-state index in [9.17, 15) is 4.79 Å². The first-order chi connectivity index (χ1) is 10.8. The van der Waals surface area contributed by atoms with Crippen LogP contribution in [0.2, 0.25) is 0 Å². The molecule has 2 atom stereocenters. The van der Waals surface area contributed by atoms with E-state index in [4.69, 9.17) is 9.47 Å². The zero-order valence-corrected chi connectivity index (χ0v) is 13.1. The molecule has 0 spiro atoms. The number of morpholine rings is 1. The first kappa shape index (κ1) is 15.4. The highest BCUT2D eigenvalue weighted by Gasteiger charge is 2.28. The molecule has 22 heavy (non-hydrogen) atoms. The van der Waals surface area contributed by atoms with Gasteiger partial charge >= 0.3 is 0 Å². The van der Waals surface area contributed by atoms with Crippen molar-refractivity contribution >= 4 is 5.91 Å². The molecule has 1 amide bonds. The van der Waals surface area contributed by atoms with Crippen molar-refractivity contribution in [2.75, 3.05) is 26.3 Å². The van der Waals surface area contributed by atoms with Gasteiger partial charge in [0.1, 0.15) is 11.9 Å². The summed E-state index contributed by atoms with van der Waals surface area (Å²) in [5, 5.41) is 7.09. The van der Waals surface area contributed by atoms with E-state index in [1.165, 1.54) is 0 Å². The van der Waals surface area contributed by atoms with Crippen molar-refractivity contribution in [1.82, 2.24) is 20.1 Å². The number of aromatic nitrogens is 3. The number of aromatic amines is 1. The number of carbonyl (C=O) groups is 1. The van der Waals surface area contributed by atoms with Crippen molar-refractivity contribution in [3.05, 3.63) is 11.6 Å². The number of nitrogens with zero attached hydrogens (tertiary/aromatic N) is 3. The predicted molar refractivity (Wildman–Crippen MR) is 79.2 cm³/mol. The molecule has 1 aromatic rings. The molecular formula is C15H24N4O3. The first-order valence-electron chi connectivity index (χ1n) is 8.18. The molecule has 0 radical (unpaired) electrons. The van der Waals surface area contributed by atoms with Crippen LogP contribution in [0.15, 0.2) is 0 Å². The molecule has 0 bridgehead atoms. The highest BCUT2D eigenvalue weighted by molar-refractivity contribution is 5.76. The molecule has 2 aliphatic rings. The van der Waals surface area contributed by atoms with Crippen LogP contribution in [0.1, 0.15) is 50.4 Å². The third-order valence-corrected chi connectivity index (χ3v) is 4.30. The number of amides is 1. The SMILES string of the molecule is CCc1nc([C@H]2CN(C(=O)CC[C@@H]3CCCO3)CCO2)n[nH]1. The average molecular weight is 308 g/mol. The number of nitrogens with one attached hydrogen (secondary N) is 1. The first-order valence-corrected chi connectivity index (χ1v) is 8.18. The highest BCUT2D eigenvalue weighted by Crippen LogP contribution is 2.21. The minimum absolute atomic E-state index is 0.176. The van der Waals surface area contributed by atoms with Crippen LogP contribution in [-0.2, 0) is 20.7 Å². The summed E-state index contributed by atoms with van der Waals surface area (Å²) in [6.45, 7) is 4.57. The Morgan fingerprint density at radius 2 is 2.32 bits per heavy atom. The molecule has 3 heterocycles. The fourth-order valence-electron chi connectivity index (χ4n) is 2.96. The minimum atomic E-state index is -0.225. The van der Waals surface area contributed by atoms with Crippen LogP contribution in [0.5, 0.6) is 0 Å². The van der Waals surface area contributed by atoms with Gasteiger partial charge in [-0.3, -0.25) is 9.89 Å². The van der Waals surface area contributed by atoms with Crippen LogP contribution in [0.3, 0.4) is 0 Å². The van der Waals surface area contributed by atoms with Gasteiger partial charge in [0, 0.05) is 26.0 Å². The number of H-pyrrole nitrogens is 1. The zero-order chi connectivity index (χ0) is 15.4. The highest BCUT2D eigenvalue weighted by atomic mass is 16.5. The Labute approximate surface area is 130 Å². The van der Waals surface area contributed by atoms with Gasteiger partial charge in [0.2, 0.25) is 5.91 Å². The van der Waals surface area contributed by atoms with Crippen LogP contribution in [0.25, 0.3) is 0 Å². The standard InChI is InChI=1S/C15H24N4O3/c1-2-13-16-15(18-17-13)12-10-19(7-9-22-12)14(20)6-5-11-4-3-8-21-11/h11-12H,2-10H2,1H3,(H,16,17,18)/t11-,12+/m0/s1. The number of hydrogen-bond donors (Lipinski definition) is 1. The molecule has 7 heteroatoms. The van der Waals surface area contributed by atoms with E-state index in [1.807, 2.05) is 11.8 Å². The summed E-state index contributed by atoms with van der Waals surface area (Å²) in [4.78, 5) is 18.6. The molecule has 7 nitrogen and oxygen atoms in total. The average Bonchev–Trinajstić information content (AvgIpc) is 3.24. The van der Waals surface area contributed by atoms with Gasteiger partial charge in [0.15, 0.2) is 5.82 Å². The maximum Gasteiger partial charge on any atom is 0.222 e. The van der Waals surface area contributed by atoms with E-state index in [0.29, 0.717) is 31.9 Å². The van der Waals surface area contributed by atoms with Crippen LogP contribution in [-0.4, -0.2) is 58.4 Å². The van der Waals surface area contributed by atoms with Gasteiger partial charge in [0.05, 0.1) is 19.3 Å². The normalized spacial score (nSPS) is 25.6. The van der Waals surface area contributed by atoms with E-state index in [2.05, 4.69) is 15.2 Å².